The fourth-order valence-corrected chi connectivity index (χ4v) is 2.98. The Labute approximate surface area is 150 Å². The van der Waals surface area contributed by atoms with Gasteiger partial charge in [-0.05, 0) is 0 Å². The van der Waals surface area contributed by atoms with Crippen molar-refractivity contribution >= 4 is 31.0 Å². The van der Waals surface area contributed by atoms with Gasteiger partial charge in [0.05, 0.1) is 0 Å². The summed E-state index contributed by atoms with van der Waals surface area (Å²) >= 11 is 0.742. The standard InChI is InChI=1S/C19H35O.Na/c1-2-3-4-5-6-7-8-9-10-11-12-13-14-15-16-17-18-19-20;/h10-11H,2-9,12-18H2,1H3;/b11-10-;. The van der Waals surface area contributed by atoms with Crippen LogP contribution in [0, 0.1) is 0 Å². The normalized spacial score (nSPS) is 11.4. The molecule has 0 bridgehead atoms. The van der Waals surface area contributed by atoms with Gasteiger partial charge in [-0.3, -0.25) is 0 Å². The zero-order valence-corrected chi connectivity index (χ0v) is 16.7. The molecule has 0 aromatic heterocycles. The Bertz CT molecular complexity index is 248. The quantitative estimate of drug-likeness (QED) is 0.191. The third kappa shape index (κ3) is 20.4. The second kappa shape index (κ2) is 18.5. The predicted octanol–water partition coefficient (Wildman–Crippen LogP) is 6.11. The van der Waals surface area contributed by atoms with Gasteiger partial charge in [0.1, 0.15) is 0 Å². The maximum absolute atomic E-state index is 10.8. The Balaban J connectivity index is 3.07. The van der Waals surface area contributed by atoms with E-state index in [4.69, 9.17) is 0 Å². The van der Waals surface area contributed by atoms with E-state index in [1.54, 1.807) is 0 Å². The average Bonchev–Trinajstić information content (AvgIpc) is 2.46. The molecule has 0 aliphatic carbocycles. The first-order valence-electron chi connectivity index (χ1n) is 9.41. The molecule has 0 rings (SSSR count). The van der Waals surface area contributed by atoms with Crippen molar-refractivity contribution in [2.24, 2.45) is 0 Å². The zero-order valence-electron chi connectivity index (χ0n) is 14.7. The maximum atomic E-state index is 10.8. The second-order valence-corrected chi connectivity index (χ2v) is 7.51. The van der Waals surface area contributed by atoms with Crippen LogP contribution in [0.2, 0.25) is 0 Å². The summed E-state index contributed by atoms with van der Waals surface area (Å²) < 4.78 is 0.475. The molecule has 118 valence electrons. The Morgan fingerprint density at radius 2 is 1.14 bits per heavy atom. The van der Waals surface area contributed by atoms with Gasteiger partial charge in [0.2, 0.25) is 0 Å². The Kier molecular flexibility index (Phi) is 18.8. The van der Waals surface area contributed by atoms with Gasteiger partial charge < -0.3 is 0 Å². The van der Waals surface area contributed by atoms with Gasteiger partial charge in [0.25, 0.3) is 0 Å². The molecule has 0 spiro atoms. The van der Waals surface area contributed by atoms with Crippen molar-refractivity contribution in [3.8, 4) is 0 Å². The molecule has 0 saturated carbocycles. The van der Waals surface area contributed by atoms with E-state index in [-0.39, 0.29) is 0 Å². The summed E-state index contributed by atoms with van der Waals surface area (Å²) in [6.07, 6.45) is 24.3. The van der Waals surface area contributed by atoms with Crippen molar-refractivity contribution in [2.45, 2.75) is 103 Å². The molecule has 0 aliphatic rings. The van der Waals surface area contributed by atoms with Crippen molar-refractivity contribution in [1.82, 2.24) is 0 Å². The molecule has 0 N–H and O–H groups in total. The molecular weight excluding hydrogens is 267 g/mol. The summed E-state index contributed by atoms with van der Waals surface area (Å²) in [5.41, 5.74) is 0. The van der Waals surface area contributed by atoms with Gasteiger partial charge in [-0.2, -0.15) is 0 Å². The van der Waals surface area contributed by atoms with Crippen LogP contribution in [-0.2, 0) is 4.79 Å². The van der Waals surface area contributed by atoms with Crippen molar-refractivity contribution in [1.29, 1.82) is 0 Å². The summed E-state index contributed by atoms with van der Waals surface area (Å²) in [6.45, 7) is 2.28. The first-order valence-corrected chi connectivity index (χ1v) is 10.4. The van der Waals surface area contributed by atoms with Crippen LogP contribution in [-0.4, -0.2) is 31.0 Å². The topological polar surface area (TPSA) is 17.1 Å². The van der Waals surface area contributed by atoms with E-state index in [9.17, 15) is 4.79 Å². The summed E-state index contributed by atoms with van der Waals surface area (Å²) in [4.78, 5) is 10.8. The van der Waals surface area contributed by atoms with E-state index in [1.165, 1.54) is 83.5 Å². The van der Waals surface area contributed by atoms with E-state index in [0.717, 1.165) is 40.8 Å². The van der Waals surface area contributed by atoms with Gasteiger partial charge in [-0.1, -0.05) is 45.4 Å². The molecular formula is C19H35NaO. The Morgan fingerprint density at radius 1 is 0.714 bits per heavy atom. The molecule has 0 amide bonds. The van der Waals surface area contributed by atoms with Crippen LogP contribution in [0.25, 0.3) is 0 Å². The van der Waals surface area contributed by atoms with Crippen molar-refractivity contribution in [3.05, 3.63) is 12.2 Å². The van der Waals surface area contributed by atoms with Crippen LogP contribution in [0.1, 0.15) is 103 Å². The van der Waals surface area contributed by atoms with Gasteiger partial charge in [0, 0.05) is 0 Å². The second-order valence-electron chi connectivity index (χ2n) is 6.39. The van der Waals surface area contributed by atoms with Gasteiger partial charge in [0.15, 0.2) is 0 Å². The summed E-state index contributed by atoms with van der Waals surface area (Å²) in [6, 6.07) is 0. The first kappa shape index (κ1) is 21.4. The summed E-state index contributed by atoms with van der Waals surface area (Å²) in [7, 11) is 0. The van der Waals surface area contributed by atoms with Gasteiger partial charge in [-0.25, -0.2) is 0 Å². The minimum atomic E-state index is 0.475. The fourth-order valence-electron chi connectivity index (χ4n) is 2.62. The molecule has 1 nitrogen and oxygen atoms in total. The number of rotatable bonds is 16. The van der Waals surface area contributed by atoms with Gasteiger partial charge in [-0.15, -0.1) is 0 Å². The zero-order chi connectivity index (χ0) is 15.6. The number of carbonyl (C=O) groups is 1. The van der Waals surface area contributed by atoms with E-state index < -0.39 is 0 Å². The van der Waals surface area contributed by atoms with E-state index >= 15 is 0 Å². The Hall–Kier alpha value is 0.410. The third-order valence-electron chi connectivity index (χ3n) is 4.04. The molecule has 0 aromatic rings. The molecule has 0 unspecified atom stereocenters. The fraction of sp³-hybridized carbons (Fsp3) is 0.842. The summed E-state index contributed by atoms with van der Waals surface area (Å²) in [5.74, 6) is 0. The molecule has 0 aromatic carbocycles. The predicted molar refractivity (Wildman–Crippen MR) is 94.8 cm³/mol. The number of allylic oxidation sites excluding steroid dienone is 2. The van der Waals surface area contributed by atoms with Gasteiger partial charge >= 0.3 is 106 Å². The van der Waals surface area contributed by atoms with Crippen molar-refractivity contribution in [2.75, 3.05) is 0 Å². The average molecular weight is 302 g/mol. The molecule has 0 fully saturated rings. The monoisotopic (exact) mass is 302 g/mol. The molecule has 21 heavy (non-hydrogen) atoms. The molecule has 0 heterocycles. The summed E-state index contributed by atoms with van der Waals surface area (Å²) in [5, 5.41) is 0. The SMILES string of the molecule is CCCCCCCCC/C=C\CCCCCCC[C](=O)[Na]. The van der Waals surface area contributed by atoms with Crippen molar-refractivity contribution < 1.29 is 4.79 Å². The molecule has 0 aliphatic heterocycles. The molecule has 2 heteroatoms. The van der Waals surface area contributed by atoms with Crippen LogP contribution < -0.4 is 0 Å². The first-order chi connectivity index (χ1) is 10.3. The van der Waals surface area contributed by atoms with Crippen LogP contribution in [0.15, 0.2) is 12.2 Å². The van der Waals surface area contributed by atoms with E-state index in [1.807, 2.05) is 0 Å². The molecule has 0 saturated heterocycles. The number of carbonyl (C=O) groups excluding carboxylic acids is 1. The minimum absolute atomic E-state index is 0.475. The van der Waals surface area contributed by atoms with E-state index in [2.05, 4.69) is 19.1 Å². The van der Waals surface area contributed by atoms with Crippen LogP contribution in [0.4, 0.5) is 0 Å². The van der Waals surface area contributed by atoms with Crippen LogP contribution in [0.3, 0.4) is 0 Å². The van der Waals surface area contributed by atoms with Crippen LogP contribution >= 0.6 is 0 Å². The molecule has 0 atom stereocenters. The van der Waals surface area contributed by atoms with E-state index in [0.29, 0.717) is 3.03 Å². The third-order valence-corrected chi connectivity index (χ3v) is 4.54. The van der Waals surface area contributed by atoms with Crippen LogP contribution in [0.5, 0.6) is 0 Å². The Morgan fingerprint density at radius 3 is 1.62 bits per heavy atom. The number of unbranched alkanes of at least 4 members (excludes halogenated alkanes) is 12. The molecule has 0 radical (unpaired) electrons. The number of hydrogen-bond acceptors (Lipinski definition) is 1. The number of hydrogen-bond donors (Lipinski definition) is 0. The van der Waals surface area contributed by atoms with Crippen molar-refractivity contribution in [3.63, 3.8) is 0 Å².